The molecule has 5 heteroatoms. The first-order chi connectivity index (χ1) is 10.7. The molecule has 0 aliphatic heterocycles. The number of nitrogens with zero attached hydrogens (tertiary/aromatic N) is 1. The molecule has 0 fully saturated rings. The minimum absolute atomic E-state index is 0.0458. The van der Waals surface area contributed by atoms with Crippen LogP contribution in [-0.2, 0) is 5.60 Å². The third kappa shape index (κ3) is 4.12. The summed E-state index contributed by atoms with van der Waals surface area (Å²) < 4.78 is 19.0. The summed E-state index contributed by atoms with van der Waals surface area (Å²) in [6.45, 7) is 5.87. The zero-order chi connectivity index (χ0) is 17.2. The van der Waals surface area contributed by atoms with Crippen LogP contribution in [0.3, 0.4) is 0 Å². The number of rotatable bonds is 6. The molecule has 0 spiro atoms. The van der Waals surface area contributed by atoms with Crippen molar-refractivity contribution in [3.05, 3.63) is 53.2 Å². The molecule has 0 amide bonds. The predicted octanol–water partition coefficient (Wildman–Crippen LogP) is 3.35. The van der Waals surface area contributed by atoms with E-state index in [1.165, 1.54) is 12.1 Å². The number of hydrogen-bond acceptors (Lipinski definition) is 4. The quantitative estimate of drug-likeness (QED) is 0.857. The topological polar surface area (TPSA) is 48.6 Å². The molecule has 2 aromatic rings. The number of nitrogens with one attached hydrogen (secondary N) is 1. The Morgan fingerprint density at radius 3 is 2.57 bits per heavy atom. The molecule has 0 aliphatic carbocycles. The average molecular weight is 320 g/mol. The SMILES string of the molecule is Cc1ccc(C(C)(O)CNC(C)c2ccc(F)cc2N(C)C)o1. The molecule has 2 atom stereocenters. The largest absolute Gasteiger partial charge is 0.463 e. The van der Waals surface area contributed by atoms with Crippen LogP contribution in [0.25, 0.3) is 0 Å². The van der Waals surface area contributed by atoms with Crippen molar-refractivity contribution in [1.29, 1.82) is 0 Å². The number of halogens is 1. The lowest BCUT2D eigenvalue weighted by atomic mass is 10.0. The first-order valence-electron chi connectivity index (χ1n) is 7.70. The zero-order valence-electron chi connectivity index (χ0n) is 14.4. The van der Waals surface area contributed by atoms with Crippen molar-refractivity contribution in [3.63, 3.8) is 0 Å². The molecule has 2 unspecified atom stereocenters. The van der Waals surface area contributed by atoms with Crippen molar-refractivity contribution in [2.75, 3.05) is 25.5 Å². The van der Waals surface area contributed by atoms with Crippen molar-refractivity contribution in [3.8, 4) is 0 Å². The first kappa shape index (κ1) is 17.5. The molecule has 2 N–H and O–H groups in total. The molecule has 0 bridgehead atoms. The molecule has 1 aromatic heterocycles. The fourth-order valence-electron chi connectivity index (χ4n) is 2.54. The van der Waals surface area contributed by atoms with Gasteiger partial charge in [-0.2, -0.15) is 0 Å². The van der Waals surface area contributed by atoms with Gasteiger partial charge in [0.25, 0.3) is 0 Å². The Labute approximate surface area is 136 Å². The van der Waals surface area contributed by atoms with Gasteiger partial charge in [-0.3, -0.25) is 0 Å². The summed E-state index contributed by atoms with van der Waals surface area (Å²) in [7, 11) is 3.76. The van der Waals surface area contributed by atoms with E-state index in [0.717, 1.165) is 17.0 Å². The van der Waals surface area contributed by atoms with Gasteiger partial charge >= 0.3 is 0 Å². The predicted molar refractivity (Wildman–Crippen MR) is 90.2 cm³/mol. The maximum atomic E-state index is 13.5. The maximum absolute atomic E-state index is 13.5. The number of aliphatic hydroxyl groups is 1. The third-order valence-electron chi connectivity index (χ3n) is 3.96. The van der Waals surface area contributed by atoms with E-state index in [0.29, 0.717) is 12.3 Å². The van der Waals surface area contributed by atoms with Crippen molar-refractivity contribution in [2.45, 2.75) is 32.4 Å². The lowest BCUT2D eigenvalue weighted by Crippen LogP contribution is -2.36. The number of hydrogen-bond donors (Lipinski definition) is 2. The highest BCUT2D eigenvalue weighted by Gasteiger charge is 2.27. The zero-order valence-corrected chi connectivity index (χ0v) is 14.4. The van der Waals surface area contributed by atoms with Crippen LogP contribution in [0.5, 0.6) is 0 Å². The first-order valence-corrected chi connectivity index (χ1v) is 7.70. The molecule has 0 radical (unpaired) electrons. The third-order valence-corrected chi connectivity index (χ3v) is 3.96. The van der Waals surface area contributed by atoms with Gasteiger partial charge in [-0.05, 0) is 50.6 Å². The Balaban J connectivity index is 2.12. The Morgan fingerprint density at radius 2 is 2.00 bits per heavy atom. The number of anilines is 1. The van der Waals surface area contributed by atoms with Crippen molar-refractivity contribution < 1.29 is 13.9 Å². The van der Waals surface area contributed by atoms with Crippen LogP contribution in [0.2, 0.25) is 0 Å². The van der Waals surface area contributed by atoms with Crippen molar-refractivity contribution in [1.82, 2.24) is 5.32 Å². The number of furan rings is 1. The minimum Gasteiger partial charge on any atom is -0.463 e. The maximum Gasteiger partial charge on any atom is 0.136 e. The fraction of sp³-hybridized carbons (Fsp3) is 0.444. The summed E-state index contributed by atoms with van der Waals surface area (Å²) in [6.07, 6.45) is 0. The molecular formula is C18H25FN2O2. The Kier molecular flexibility index (Phi) is 5.12. The van der Waals surface area contributed by atoms with Crippen molar-refractivity contribution >= 4 is 5.69 Å². The van der Waals surface area contributed by atoms with E-state index in [2.05, 4.69) is 5.32 Å². The van der Waals surface area contributed by atoms with Gasteiger partial charge in [-0.15, -0.1) is 0 Å². The Bertz CT molecular complexity index is 665. The molecule has 2 rings (SSSR count). The molecule has 0 saturated carbocycles. The van der Waals surface area contributed by atoms with Crippen LogP contribution in [0.4, 0.5) is 10.1 Å². The van der Waals surface area contributed by atoms with Gasteiger partial charge in [-0.1, -0.05) is 6.07 Å². The Morgan fingerprint density at radius 1 is 1.30 bits per heavy atom. The smallest absolute Gasteiger partial charge is 0.136 e. The van der Waals surface area contributed by atoms with E-state index in [1.807, 2.05) is 38.9 Å². The van der Waals surface area contributed by atoms with E-state index in [9.17, 15) is 9.50 Å². The van der Waals surface area contributed by atoms with Gasteiger partial charge in [0.05, 0.1) is 0 Å². The average Bonchev–Trinajstić information content (AvgIpc) is 2.92. The summed E-state index contributed by atoms with van der Waals surface area (Å²) in [5, 5.41) is 13.9. The Hall–Kier alpha value is -1.85. The highest BCUT2D eigenvalue weighted by atomic mass is 19.1. The van der Waals surface area contributed by atoms with Crippen LogP contribution in [0.1, 0.15) is 37.0 Å². The number of benzene rings is 1. The van der Waals surface area contributed by atoms with Gasteiger partial charge < -0.3 is 19.7 Å². The van der Waals surface area contributed by atoms with Crippen LogP contribution < -0.4 is 10.2 Å². The minimum atomic E-state index is -1.11. The van der Waals surface area contributed by atoms with Crippen LogP contribution >= 0.6 is 0 Å². The van der Waals surface area contributed by atoms with Crippen LogP contribution in [0.15, 0.2) is 34.7 Å². The lowest BCUT2D eigenvalue weighted by Gasteiger charge is -2.27. The summed E-state index contributed by atoms with van der Waals surface area (Å²) in [4.78, 5) is 1.88. The summed E-state index contributed by atoms with van der Waals surface area (Å²) >= 11 is 0. The lowest BCUT2D eigenvalue weighted by molar-refractivity contribution is 0.0313. The highest BCUT2D eigenvalue weighted by molar-refractivity contribution is 5.54. The molecule has 0 saturated heterocycles. The molecule has 0 aliphatic rings. The standard InChI is InChI=1S/C18H25FN2O2/c1-12-6-9-17(23-12)18(3,22)11-20-13(2)15-8-7-14(19)10-16(15)21(4)5/h6-10,13,20,22H,11H2,1-5H3. The second-order valence-electron chi connectivity index (χ2n) is 6.38. The number of aryl methyl sites for hydroxylation is 1. The van der Waals surface area contributed by atoms with E-state index < -0.39 is 5.60 Å². The molecule has 1 aromatic carbocycles. The summed E-state index contributed by atoms with van der Waals surface area (Å²) in [5.41, 5.74) is 0.683. The van der Waals surface area contributed by atoms with E-state index in [4.69, 9.17) is 4.42 Å². The second kappa shape index (κ2) is 6.72. The van der Waals surface area contributed by atoms with Gasteiger partial charge in [-0.25, -0.2) is 4.39 Å². The van der Waals surface area contributed by atoms with Gasteiger partial charge in [0.2, 0.25) is 0 Å². The van der Waals surface area contributed by atoms with Crippen LogP contribution in [-0.4, -0.2) is 25.7 Å². The summed E-state index contributed by atoms with van der Waals surface area (Å²) in [5.74, 6) is 1.03. The monoisotopic (exact) mass is 320 g/mol. The van der Waals surface area contributed by atoms with Gasteiger partial charge in [0.15, 0.2) is 0 Å². The van der Waals surface area contributed by atoms with E-state index in [-0.39, 0.29) is 11.9 Å². The van der Waals surface area contributed by atoms with Gasteiger partial charge in [0, 0.05) is 32.4 Å². The fourth-order valence-corrected chi connectivity index (χ4v) is 2.54. The second-order valence-corrected chi connectivity index (χ2v) is 6.38. The van der Waals surface area contributed by atoms with E-state index in [1.54, 1.807) is 19.1 Å². The van der Waals surface area contributed by atoms with Crippen molar-refractivity contribution in [2.24, 2.45) is 0 Å². The highest BCUT2D eigenvalue weighted by Crippen LogP contribution is 2.28. The molecule has 1 heterocycles. The van der Waals surface area contributed by atoms with Crippen LogP contribution in [0, 0.1) is 12.7 Å². The molecule has 4 nitrogen and oxygen atoms in total. The molecular weight excluding hydrogens is 295 g/mol. The molecule has 126 valence electrons. The van der Waals surface area contributed by atoms with Gasteiger partial charge in [0.1, 0.15) is 22.9 Å². The molecule has 23 heavy (non-hydrogen) atoms. The van der Waals surface area contributed by atoms with E-state index >= 15 is 0 Å². The summed E-state index contributed by atoms with van der Waals surface area (Å²) in [6, 6.07) is 8.31. The normalized spacial score (nSPS) is 15.3.